The van der Waals surface area contributed by atoms with Gasteiger partial charge in [-0.3, -0.25) is 4.79 Å². The van der Waals surface area contributed by atoms with Crippen LogP contribution in [0.2, 0.25) is 0 Å². The van der Waals surface area contributed by atoms with Crippen LogP contribution in [0.3, 0.4) is 0 Å². The summed E-state index contributed by atoms with van der Waals surface area (Å²) in [6.07, 6.45) is 0. The molecule has 0 radical (unpaired) electrons. The lowest BCUT2D eigenvalue weighted by atomic mass is 10.3. The maximum Gasteiger partial charge on any atom is 0.252 e. The van der Waals surface area contributed by atoms with Gasteiger partial charge in [0.1, 0.15) is 0 Å². The highest BCUT2D eigenvalue weighted by molar-refractivity contribution is 5.91. The molecule has 0 atom stereocenters. The second-order valence-corrected chi connectivity index (χ2v) is 1.22. The van der Waals surface area contributed by atoms with Gasteiger partial charge < -0.3 is 5.73 Å². The molecule has 1 amide bonds. The molecule has 0 bridgehead atoms. The lowest BCUT2D eigenvalue weighted by molar-refractivity contribution is -0.114. The van der Waals surface area contributed by atoms with Crippen molar-refractivity contribution in [3.05, 3.63) is 11.3 Å². The van der Waals surface area contributed by atoms with Crippen molar-refractivity contribution in [1.82, 2.24) is 0 Å². The lowest BCUT2D eigenvalue weighted by Gasteiger charge is -1.80. The number of carbonyl (C=O) groups excluding carboxylic acids is 2. The first-order chi connectivity index (χ1) is 3.68. The quantitative estimate of drug-likeness (QED) is 0.279. The summed E-state index contributed by atoms with van der Waals surface area (Å²) in [5.74, 6) is 0.666. The first-order valence-corrected chi connectivity index (χ1v) is 1.95. The second kappa shape index (κ2) is 2.80. The van der Waals surface area contributed by atoms with E-state index in [4.69, 9.17) is 5.73 Å². The van der Waals surface area contributed by atoms with E-state index >= 15 is 0 Å². The molecular formula is C5H5NO2. The number of nitrogens with two attached hydrogens (primary N) is 1. The van der Waals surface area contributed by atoms with Crippen LogP contribution in [-0.4, -0.2) is 11.8 Å². The van der Waals surface area contributed by atoms with Crippen LogP contribution in [0.1, 0.15) is 6.92 Å². The van der Waals surface area contributed by atoms with Crippen LogP contribution in [0.4, 0.5) is 0 Å². The minimum atomic E-state index is -0.645. The Hall–Kier alpha value is -1.30. The van der Waals surface area contributed by atoms with Crippen molar-refractivity contribution >= 4 is 11.8 Å². The smallest absolute Gasteiger partial charge is 0.252 e. The molecule has 8 heavy (non-hydrogen) atoms. The monoisotopic (exact) mass is 111 g/mol. The van der Waals surface area contributed by atoms with Gasteiger partial charge in [0, 0.05) is 0 Å². The number of amides is 1. The summed E-state index contributed by atoms with van der Waals surface area (Å²) < 4.78 is 0. The molecule has 3 nitrogen and oxygen atoms in total. The van der Waals surface area contributed by atoms with Crippen molar-refractivity contribution < 1.29 is 9.59 Å². The highest BCUT2D eigenvalue weighted by atomic mass is 16.1. The molecule has 0 spiro atoms. The van der Waals surface area contributed by atoms with Crippen molar-refractivity contribution in [2.75, 3.05) is 0 Å². The summed E-state index contributed by atoms with van der Waals surface area (Å²) >= 11 is 0. The number of hydrogen-bond acceptors (Lipinski definition) is 2. The Bertz CT molecular complexity index is 183. The molecule has 0 heterocycles. The van der Waals surface area contributed by atoms with Gasteiger partial charge in [-0.05, 0) is 12.7 Å². The van der Waals surface area contributed by atoms with Crippen molar-refractivity contribution in [2.24, 2.45) is 5.73 Å². The average molecular weight is 111 g/mol. The Morgan fingerprint density at radius 2 is 2.12 bits per heavy atom. The lowest BCUT2D eigenvalue weighted by Crippen LogP contribution is -2.10. The number of carbonyl (C=O) groups is 1. The standard InChI is InChI=1S/C5H5NO2/c1-4(2-3-7)5(6)8/h1H3,(H2,6,8). The zero-order chi connectivity index (χ0) is 6.57. The zero-order valence-electron chi connectivity index (χ0n) is 4.39. The molecule has 0 saturated carbocycles. The fraction of sp³-hybridized carbons (Fsp3) is 0.200. The van der Waals surface area contributed by atoms with Crippen LogP contribution >= 0.6 is 0 Å². The fourth-order valence-electron chi connectivity index (χ4n) is 0.138. The van der Waals surface area contributed by atoms with Crippen LogP contribution < -0.4 is 5.73 Å². The maximum atomic E-state index is 10.0. The Morgan fingerprint density at radius 3 is 2.25 bits per heavy atom. The Morgan fingerprint density at radius 1 is 1.62 bits per heavy atom. The third kappa shape index (κ3) is 1.98. The van der Waals surface area contributed by atoms with Gasteiger partial charge in [0.05, 0.1) is 5.57 Å². The van der Waals surface area contributed by atoms with E-state index in [2.05, 4.69) is 0 Å². The number of hydrogen-bond donors (Lipinski definition) is 1. The molecule has 0 aliphatic rings. The predicted octanol–water partition coefficient (Wildman–Crippen LogP) is -0.595. The largest absolute Gasteiger partial charge is 0.365 e. The van der Waals surface area contributed by atoms with Crippen LogP contribution in [0.5, 0.6) is 0 Å². The Kier molecular flexibility index (Phi) is 2.35. The molecule has 0 fully saturated rings. The van der Waals surface area contributed by atoms with Crippen LogP contribution in [0.15, 0.2) is 11.3 Å². The first kappa shape index (κ1) is 6.70. The van der Waals surface area contributed by atoms with Crippen molar-refractivity contribution in [3.8, 4) is 0 Å². The summed E-state index contributed by atoms with van der Waals surface area (Å²) in [5, 5.41) is 0. The molecule has 0 unspecified atom stereocenters. The fourth-order valence-corrected chi connectivity index (χ4v) is 0.138. The third-order valence-corrected chi connectivity index (χ3v) is 0.608. The average Bonchev–Trinajstić information content (AvgIpc) is 1.67. The van der Waals surface area contributed by atoms with E-state index < -0.39 is 5.91 Å². The van der Waals surface area contributed by atoms with Gasteiger partial charge >= 0.3 is 0 Å². The predicted molar refractivity (Wildman–Crippen MR) is 27.6 cm³/mol. The first-order valence-electron chi connectivity index (χ1n) is 1.95. The van der Waals surface area contributed by atoms with E-state index in [1.807, 2.05) is 5.73 Å². The normalized spacial score (nSPS) is 6.62. The summed E-state index contributed by atoms with van der Waals surface area (Å²) in [7, 11) is 0. The van der Waals surface area contributed by atoms with Gasteiger partial charge in [-0.1, -0.05) is 0 Å². The molecule has 0 aromatic rings. The minimum absolute atomic E-state index is 0.0972. The molecule has 3 heteroatoms. The van der Waals surface area contributed by atoms with E-state index in [1.165, 1.54) is 12.9 Å². The van der Waals surface area contributed by atoms with Crippen LogP contribution in [0.25, 0.3) is 0 Å². The van der Waals surface area contributed by atoms with E-state index in [0.717, 1.165) is 0 Å². The number of rotatable bonds is 1. The van der Waals surface area contributed by atoms with Gasteiger partial charge in [-0.25, -0.2) is 4.79 Å². The molecule has 0 aromatic heterocycles. The van der Waals surface area contributed by atoms with E-state index in [9.17, 15) is 9.59 Å². The van der Waals surface area contributed by atoms with Crippen molar-refractivity contribution in [1.29, 1.82) is 0 Å². The summed E-state index contributed by atoms with van der Waals surface area (Å²) in [6.45, 7) is 1.40. The molecule has 0 rings (SSSR count). The molecule has 42 valence electrons. The van der Waals surface area contributed by atoms with E-state index in [-0.39, 0.29) is 5.57 Å². The third-order valence-electron chi connectivity index (χ3n) is 0.608. The van der Waals surface area contributed by atoms with Gasteiger partial charge in [0.25, 0.3) is 5.91 Å². The minimum Gasteiger partial charge on any atom is -0.365 e. The molecule has 0 aliphatic heterocycles. The van der Waals surface area contributed by atoms with Gasteiger partial charge in [0.2, 0.25) is 0 Å². The van der Waals surface area contributed by atoms with Crippen molar-refractivity contribution in [3.63, 3.8) is 0 Å². The summed E-state index contributed by atoms with van der Waals surface area (Å²) in [6, 6.07) is 0. The topological polar surface area (TPSA) is 60.2 Å². The van der Waals surface area contributed by atoms with Crippen molar-refractivity contribution in [2.45, 2.75) is 6.92 Å². The Labute approximate surface area is 46.5 Å². The maximum absolute atomic E-state index is 10.0. The van der Waals surface area contributed by atoms with Gasteiger partial charge in [-0.15, -0.1) is 0 Å². The SMILES string of the molecule is CC(=C=C=O)C(N)=O. The van der Waals surface area contributed by atoms with Crippen LogP contribution in [-0.2, 0) is 9.59 Å². The molecule has 0 saturated heterocycles. The molecular weight excluding hydrogens is 106 g/mol. The second-order valence-electron chi connectivity index (χ2n) is 1.22. The molecule has 0 aromatic carbocycles. The highest BCUT2D eigenvalue weighted by Crippen LogP contribution is 1.81. The highest BCUT2D eigenvalue weighted by Gasteiger charge is 1.91. The van der Waals surface area contributed by atoms with Gasteiger partial charge in [0.15, 0.2) is 5.94 Å². The molecule has 2 N–H and O–H groups in total. The zero-order valence-corrected chi connectivity index (χ0v) is 4.39. The summed E-state index contributed by atoms with van der Waals surface area (Å²) in [4.78, 5) is 19.5. The van der Waals surface area contributed by atoms with Crippen LogP contribution in [0, 0.1) is 0 Å². The molecule has 0 aliphatic carbocycles. The van der Waals surface area contributed by atoms with E-state index in [1.54, 1.807) is 0 Å². The van der Waals surface area contributed by atoms with Gasteiger partial charge in [-0.2, -0.15) is 0 Å². The summed E-state index contributed by atoms with van der Waals surface area (Å²) in [5.41, 5.74) is 6.78. The Balaban J connectivity index is 4.48. The van der Waals surface area contributed by atoms with E-state index in [0.29, 0.717) is 0 Å². The number of primary amides is 1.